The van der Waals surface area contributed by atoms with Crippen LogP contribution in [0.15, 0.2) is 24.4 Å². The van der Waals surface area contributed by atoms with E-state index in [0.29, 0.717) is 5.28 Å². The second-order valence-corrected chi connectivity index (χ2v) is 6.77. The highest BCUT2D eigenvalue weighted by Gasteiger charge is 2.45. The normalized spacial score (nSPS) is 19.5. The first-order valence-electron chi connectivity index (χ1n) is 7.92. The first-order chi connectivity index (χ1) is 10.7. The lowest BCUT2D eigenvalue weighted by atomic mass is 9.73. The molecule has 4 rings (SSSR count). The molecular weight excluding hydrogens is 296 g/mol. The van der Waals surface area contributed by atoms with Gasteiger partial charge in [-0.15, -0.1) is 0 Å². The van der Waals surface area contributed by atoms with Gasteiger partial charge in [0.05, 0.1) is 11.4 Å². The zero-order valence-electron chi connectivity index (χ0n) is 12.7. The van der Waals surface area contributed by atoms with Crippen LogP contribution in [0.3, 0.4) is 0 Å². The molecule has 22 heavy (non-hydrogen) atoms. The molecule has 2 aromatic rings. The van der Waals surface area contributed by atoms with E-state index < -0.39 is 0 Å². The van der Waals surface area contributed by atoms with Gasteiger partial charge >= 0.3 is 0 Å². The number of hydrogen-bond acceptors (Lipinski definition) is 4. The van der Waals surface area contributed by atoms with Crippen molar-refractivity contribution in [3.63, 3.8) is 0 Å². The van der Waals surface area contributed by atoms with Gasteiger partial charge in [-0.3, -0.25) is 4.98 Å². The smallest absolute Gasteiger partial charge is 0.224 e. The van der Waals surface area contributed by atoms with Crippen LogP contribution in [0.4, 0.5) is 11.5 Å². The van der Waals surface area contributed by atoms with Crippen molar-refractivity contribution >= 4 is 23.1 Å². The van der Waals surface area contributed by atoms with Crippen LogP contribution in [0.5, 0.6) is 0 Å². The van der Waals surface area contributed by atoms with Crippen molar-refractivity contribution in [1.29, 1.82) is 0 Å². The molecule has 114 valence electrons. The number of halogens is 1. The summed E-state index contributed by atoms with van der Waals surface area (Å²) in [7, 11) is 0. The molecule has 0 atom stereocenters. The molecule has 2 aromatic heterocycles. The summed E-state index contributed by atoms with van der Waals surface area (Å²) in [5.74, 6) is 0.870. The van der Waals surface area contributed by atoms with E-state index in [9.17, 15) is 0 Å². The Kier molecular flexibility index (Phi) is 3.30. The number of nitrogens with zero attached hydrogens (tertiary/aromatic N) is 4. The Bertz CT molecular complexity index is 710. The van der Waals surface area contributed by atoms with E-state index in [2.05, 4.69) is 33.9 Å². The van der Waals surface area contributed by atoms with E-state index >= 15 is 0 Å². The lowest BCUT2D eigenvalue weighted by molar-refractivity contribution is 0.307. The van der Waals surface area contributed by atoms with Crippen molar-refractivity contribution in [2.45, 2.75) is 44.4 Å². The molecule has 0 saturated heterocycles. The number of hydrogen-bond donors (Lipinski definition) is 0. The predicted molar refractivity (Wildman–Crippen MR) is 87.8 cm³/mol. The maximum atomic E-state index is 5.99. The summed E-state index contributed by atoms with van der Waals surface area (Å²) in [5.41, 5.74) is 3.70. The van der Waals surface area contributed by atoms with Crippen LogP contribution in [0.1, 0.15) is 43.5 Å². The summed E-state index contributed by atoms with van der Waals surface area (Å²) in [6.45, 7) is 3.02. The monoisotopic (exact) mass is 314 g/mol. The topological polar surface area (TPSA) is 41.9 Å². The largest absolute Gasteiger partial charge is 0.324 e. The van der Waals surface area contributed by atoms with Gasteiger partial charge in [-0.25, -0.2) is 9.97 Å². The molecule has 2 aliphatic rings. The third-order valence-electron chi connectivity index (χ3n) is 4.97. The zero-order chi connectivity index (χ0) is 15.2. The Morgan fingerprint density at radius 1 is 1.09 bits per heavy atom. The summed E-state index contributed by atoms with van der Waals surface area (Å²) in [5, 5.41) is 0.295. The molecule has 4 nitrogen and oxygen atoms in total. The second-order valence-electron chi connectivity index (χ2n) is 6.43. The predicted octanol–water partition coefficient (Wildman–Crippen LogP) is 4.19. The molecule has 0 radical (unpaired) electrons. The van der Waals surface area contributed by atoms with Crippen molar-refractivity contribution in [1.82, 2.24) is 15.0 Å². The molecule has 0 bridgehead atoms. The number of fused-ring (bicyclic) bond motifs is 2. The Balaban J connectivity index is 1.83. The van der Waals surface area contributed by atoms with Gasteiger partial charge in [0.25, 0.3) is 0 Å². The van der Waals surface area contributed by atoms with Crippen LogP contribution >= 0.6 is 11.6 Å². The van der Waals surface area contributed by atoms with Crippen LogP contribution in [0, 0.1) is 6.92 Å². The van der Waals surface area contributed by atoms with Crippen molar-refractivity contribution in [3.05, 3.63) is 41.1 Å². The highest BCUT2D eigenvalue weighted by molar-refractivity contribution is 6.28. The van der Waals surface area contributed by atoms with Crippen LogP contribution < -0.4 is 4.90 Å². The number of aromatic nitrogens is 3. The van der Waals surface area contributed by atoms with Crippen LogP contribution in [0.25, 0.3) is 0 Å². The first-order valence-corrected chi connectivity index (χ1v) is 8.30. The van der Waals surface area contributed by atoms with Crippen molar-refractivity contribution < 1.29 is 0 Å². The molecule has 5 heteroatoms. The van der Waals surface area contributed by atoms with Crippen LogP contribution in [-0.2, 0) is 5.41 Å². The molecule has 1 fully saturated rings. The Morgan fingerprint density at radius 3 is 2.68 bits per heavy atom. The van der Waals surface area contributed by atoms with Crippen LogP contribution in [0.2, 0.25) is 5.28 Å². The van der Waals surface area contributed by atoms with E-state index in [1.54, 1.807) is 6.20 Å². The molecule has 0 N–H and O–H groups in total. The van der Waals surface area contributed by atoms with E-state index in [1.807, 2.05) is 6.07 Å². The van der Waals surface area contributed by atoms with E-state index in [-0.39, 0.29) is 5.41 Å². The highest BCUT2D eigenvalue weighted by Crippen LogP contribution is 2.50. The quantitative estimate of drug-likeness (QED) is 0.740. The number of anilines is 2. The molecule has 1 aliphatic heterocycles. The Morgan fingerprint density at radius 2 is 1.91 bits per heavy atom. The Labute approximate surface area is 135 Å². The van der Waals surface area contributed by atoms with Gasteiger partial charge in [-0.2, -0.15) is 0 Å². The molecular formula is C17H19ClN4. The van der Waals surface area contributed by atoms with Gasteiger partial charge in [0.2, 0.25) is 5.28 Å². The lowest BCUT2D eigenvalue weighted by Crippen LogP contribution is -2.34. The molecule has 0 unspecified atom stereocenters. The average Bonchev–Trinajstić information content (AvgIpc) is 2.82. The molecule has 1 aliphatic carbocycles. The number of aryl methyl sites for hydroxylation is 1. The summed E-state index contributed by atoms with van der Waals surface area (Å²) < 4.78 is 0. The fourth-order valence-corrected chi connectivity index (χ4v) is 4.07. The minimum absolute atomic E-state index is 0.178. The van der Waals surface area contributed by atoms with Gasteiger partial charge in [0.15, 0.2) is 0 Å². The number of pyridine rings is 1. The second kappa shape index (κ2) is 5.20. The van der Waals surface area contributed by atoms with E-state index in [0.717, 1.165) is 18.1 Å². The van der Waals surface area contributed by atoms with Crippen molar-refractivity contribution in [3.8, 4) is 0 Å². The lowest BCUT2D eigenvalue weighted by Gasteiger charge is -2.33. The average molecular weight is 315 g/mol. The minimum Gasteiger partial charge on any atom is -0.324 e. The summed E-state index contributed by atoms with van der Waals surface area (Å²) in [6, 6.07) is 6.19. The number of rotatable bonds is 1. The highest BCUT2D eigenvalue weighted by atomic mass is 35.5. The van der Waals surface area contributed by atoms with Gasteiger partial charge < -0.3 is 4.90 Å². The molecule has 1 spiro atoms. The zero-order valence-corrected chi connectivity index (χ0v) is 13.5. The first kappa shape index (κ1) is 13.9. The SMILES string of the molecule is Cc1ccc2c(n1)C1(CCCCC1)CN2c1ccnc(Cl)n1. The van der Waals surface area contributed by atoms with Crippen molar-refractivity contribution in [2.75, 3.05) is 11.4 Å². The summed E-state index contributed by atoms with van der Waals surface area (Å²) in [6.07, 6.45) is 8.05. The van der Waals surface area contributed by atoms with Gasteiger partial charge in [-0.05, 0) is 49.6 Å². The van der Waals surface area contributed by atoms with Gasteiger partial charge in [0, 0.05) is 23.9 Å². The maximum Gasteiger partial charge on any atom is 0.224 e. The van der Waals surface area contributed by atoms with E-state index in [4.69, 9.17) is 16.6 Å². The van der Waals surface area contributed by atoms with Crippen molar-refractivity contribution in [2.24, 2.45) is 0 Å². The van der Waals surface area contributed by atoms with E-state index in [1.165, 1.54) is 43.5 Å². The summed E-state index contributed by atoms with van der Waals surface area (Å²) in [4.78, 5) is 15.6. The molecule has 3 heterocycles. The van der Waals surface area contributed by atoms with Gasteiger partial charge in [0.1, 0.15) is 5.82 Å². The molecule has 0 amide bonds. The third-order valence-corrected chi connectivity index (χ3v) is 5.15. The third kappa shape index (κ3) is 2.17. The fourth-order valence-electron chi connectivity index (χ4n) is 3.92. The van der Waals surface area contributed by atoms with Crippen LogP contribution in [-0.4, -0.2) is 21.5 Å². The molecule has 0 aromatic carbocycles. The standard InChI is InChI=1S/C17H19ClN4/c1-12-5-6-13-15(20-12)17(8-3-2-4-9-17)11-22(13)14-7-10-19-16(18)21-14/h5-7,10H,2-4,8-9,11H2,1H3. The maximum absolute atomic E-state index is 5.99. The summed E-state index contributed by atoms with van der Waals surface area (Å²) >= 11 is 5.99. The fraction of sp³-hybridized carbons (Fsp3) is 0.471. The van der Waals surface area contributed by atoms with Gasteiger partial charge in [-0.1, -0.05) is 19.3 Å². The molecule has 1 saturated carbocycles. The Hall–Kier alpha value is -1.68. The minimum atomic E-state index is 0.178.